The van der Waals surface area contributed by atoms with Crippen molar-refractivity contribution in [2.24, 2.45) is 0 Å². The fraction of sp³-hybridized carbons (Fsp3) is 0.250. The van der Waals surface area contributed by atoms with E-state index in [1.807, 2.05) is 18.5 Å². The molecule has 150 valence electrons. The van der Waals surface area contributed by atoms with Crippen LogP contribution in [0.15, 0.2) is 36.9 Å². The number of fused-ring (bicyclic) bond motifs is 2. The summed E-state index contributed by atoms with van der Waals surface area (Å²) in [6.45, 7) is 4.04. The number of nitrogens with one attached hydrogen (secondary N) is 3. The predicted octanol–water partition coefficient (Wildman–Crippen LogP) is 2.04. The van der Waals surface area contributed by atoms with Crippen LogP contribution < -0.4 is 4.90 Å². The Kier molecular flexibility index (Phi) is 3.78. The first-order valence-electron chi connectivity index (χ1n) is 9.88. The summed E-state index contributed by atoms with van der Waals surface area (Å²) in [5.74, 6) is 0.702. The van der Waals surface area contributed by atoms with Gasteiger partial charge in [-0.2, -0.15) is 10.2 Å². The van der Waals surface area contributed by atoms with Crippen molar-refractivity contribution in [1.82, 2.24) is 45.2 Å². The van der Waals surface area contributed by atoms with E-state index in [9.17, 15) is 0 Å². The molecule has 0 atom stereocenters. The molecule has 0 unspecified atom stereocenters. The number of aromatic amines is 3. The summed E-state index contributed by atoms with van der Waals surface area (Å²) < 4.78 is 0. The second-order valence-corrected chi connectivity index (χ2v) is 7.59. The molecule has 1 aliphatic heterocycles. The molecule has 10 nitrogen and oxygen atoms in total. The minimum Gasteiger partial charge on any atom is -0.367 e. The van der Waals surface area contributed by atoms with Gasteiger partial charge in [0.05, 0.1) is 17.3 Å². The van der Waals surface area contributed by atoms with E-state index in [1.165, 1.54) is 0 Å². The average Bonchev–Trinajstić information content (AvgIpc) is 3.52. The van der Waals surface area contributed by atoms with E-state index in [-0.39, 0.29) is 0 Å². The van der Waals surface area contributed by atoms with Gasteiger partial charge in [-0.25, -0.2) is 15.0 Å². The van der Waals surface area contributed by atoms with Crippen molar-refractivity contribution in [3.8, 4) is 22.6 Å². The standard InChI is InChI=1S/C20H20N10/c1-29-4-6-30(7-5-29)15-2-3-21-19-17(15)25-20(26-19)16-14-8-12(13-10-23-24-11-13)9-22-18(14)28-27-16/h2-3,8-11H,4-7H2,1H3,(H,23,24)(H,21,25,26)(H,22,27,28). The number of pyridine rings is 2. The summed E-state index contributed by atoms with van der Waals surface area (Å²) in [5.41, 5.74) is 6.15. The number of H-pyrrole nitrogens is 3. The number of rotatable bonds is 3. The molecule has 5 aromatic rings. The van der Waals surface area contributed by atoms with Gasteiger partial charge >= 0.3 is 0 Å². The lowest BCUT2D eigenvalue weighted by atomic mass is 10.1. The van der Waals surface area contributed by atoms with Gasteiger partial charge in [0.25, 0.3) is 0 Å². The largest absolute Gasteiger partial charge is 0.367 e. The normalized spacial score (nSPS) is 15.4. The van der Waals surface area contributed by atoms with Gasteiger partial charge in [-0.1, -0.05) is 0 Å². The third kappa shape index (κ3) is 2.72. The van der Waals surface area contributed by atoms with Gasteiger partial charge in [-0.15, -0.1) is 0 Å². The Morgan fingerprint density at radius 2 is 1.90 bits per heavy atom. The Morgan fingerprint density at radius 3 is 2.73 bits per heavy atom. The van der Waals surface area contributed by atoms with E-state index < -0.39 is 0 Å². The zero-order valence-corrected chi connectivity index (χ0v) is 16.4. The maximum absolute atomic E-state index is 4.75. The predicted molar refractivity (Wildman–Crippen MR) is 114 cm³/mol. The molecule has 1 aliphatic rings. The quantitative estimate of drug-likeness (QED) is 0.424. The lowest BCUT2D eigenvalue weighted by molar-refractivity contribution is 0.313. The fourth-order valence-corrected chi connectivity index (χ4v) is 3.97. The van der Waals surface area contributed by atoms with Crippen molar-refractivity contribution >= 4 is 27.9 Å². The number of anilines is 1. The number of nitrogens with zero attached hydrogens (tertiary/aromatic N) is 7. The van der Waals surface area contributed by atoms with Crippen molar-refractivity contribution in [2.75, 3.05) is 38.1 Å². The average molecular weight is 400 g/mol. The molecule has 1 saturated heterocycles. The number of piperazine rings is 1. The zero-order chi connectivity index (χ0) is 20.1. The highest BCUT2D eigenvalue weighted by molar-refractivity contribution is 5.95. The summed E-state index contributed by atoms with van der Waals surface area (Å²) >= 11 is 0. The van der Waals surface area contributed by atoms with E-state index in [0.29, 0.717) is 17.1 Å². The number of likely N-dealkylation sites (N-methyl/N-ethyl adjacent to an activating group) is 1. The SMILES string of the molecule is CN1CCN(c2ccnc3nc(-c4[nH]nc5ncc(-c6cn[nH]c6)cc45)[nH]c23)CC1. The summed E-state index contributed by atoms with van der Waals surface area (Å²) in [5, 5.41) is 15.2. The topological polar surface area (TPSA) is 118 Å². The maximum atomic E-state index is 4.75. The molecule has 0 aliphatic carbocycles. The molecule has 6 rings (SSSR count). The van der Waals surface area contributed by atoms with Gasteiger partial charge in [0.2, 0.25) is 0 Å². The molecule has 0 bridgehead atoms. The van der Waals surface area contributed by atoms with Crippen molar-refractivity contribution < 1.29 is 0 Å². The van der Waals surface area contributed by atoms with E-state index >= 15 is 0 Å². The van der Waals surface area contributed by atoms with Crippen LogP contribution in [0.4, 0.5) is 5.69 Å². The molecule has 6 heterocycles. The molecular weight excluding hydrogens is 380 g/mol. The van der Waals surface area contributed by atoms with Crippen LogP contribution in [0.2, 0.25) is 0 Å². The van der Waals surface area contributed by atoms with Gasteiger partial charge in [0.15, 0.2) is 17.1 Å². The second kappa shape index (κ2) is 6.63. The van der Waals surface area contributed by atoms with E-state index in [0.717, 1.165) is 59.6 Å². The molecule has 0 aromatic carbocycles. The summed E-state index contributed by atoms with van der Waals surface area (Å²) in [7, 11) is 2.16. The van der Waals surface area contributed by atoms with E-state index in [1.54, 1.807) is 12.4 Å². The minimum atomic E-state index is 0.643. The third-order valence-corrected chi connectivity index (χ3v) is 5.69. The molecule has 30 heavy (non-hydrogen) atoms. The van der Waals surface area contributed by atoms with Crippen LogP contribution in [0.5, 0.6) is 0 Å². The van der Waals surface area contributed by atoms with Crippen molar-refractivity contribution in [3.63, 3.8) is 0 Å². The van der Waals surface area contributed by atoms with E-state index in [4.69, 9.17) is 4.98 Å². The zero-order valence-electron chi connectivity index (χ0n) is 16.4. The first-order valence-corrected chi connectivity index (χ1v) is 9.88. The molecule has 0 spiro atoms. The molecule has 5 aromatic heterocycles. The first-order chi connectivity index (χ1) is 14.8. The summed E-state index contributed by atoms with van der Waals surface area (Å²) in [4.78, 5) is 21.9. The maximum Gasteiger partial charge on any atom is 0.181 e. The van der Waals surface area contributed by atoms with Gasteiger partial charge in [0.1, 0.15) is 11.2 Å². The molecular formula is C20H20N10. The van der Waals surface area contributed by atoms with E-state index in [2.05, 4.69) is 58.3 Å². The van der Waals surface area contributed by atoms with Crippen molar-refractivity contribution in [1.29, 1.82) is 0 Å². The Hall–Kier alpha value is -3.79. The second-order valence-electron chi connectivity index (χ2n) is 7.59. The molecule has 10 heteroatoms. The highest BCUT2D eigenvalue weighted by atomic mass is 15.3. The number of hydrogen-bond donors (Lipinski definition) is 3. The van der Waals surface area contributed by atoms with Gasteiger partial charge in [0, 0.05) is 55.9 Å². The lowest BCUT2D eigenvalue weighted by Crippen LogP contribution is -2.44. The molecule has 0 amide bonds. The van der Waals surface area contributed by atoms with Crippen LogP contribution in [0.25, 0.3) is 44.8 Å². The molecule has 0 radical (unpaired) electrons. The molecule has 3 N–H and O–H groups in total. The molecule has 1 fully saturated rings. The van der Waals surface area contributed by atoms with Crippen LogP contribution in [-0.2, 0) is 0 Å². The smallest absolute Gasteiger partial charge is 0.181 e. The van der Waals surface area contributed by atoms with Crippen LogP contribution in [0.3, 0.4) is 0 Å². The Balaban J connectivity index is 1.45. The monoisotopic (exact) mass is 400 g/mol. The minimum absolute atomic E-state index is 0.643. The highest BCUT2D eigenvalue weighted by Gasteiger charge is 2.20. The Labute approximate surface area is 171 Å². The highest BCUT2D eigenvalue weighted by Crippen LogP contribution is 2.31. The van der Waals surface area contributed by atoms with Crippen LogP contribution in [0.1, 0.15) is 0 Å². The fourth-order valence-electron chi connectivity index (χ4n) is 3.97. The number of imidazole rings is 1. The first kappa shape index (κ1) is 17.1. The van der Waals surface area contributed by atoms with Crippen molar-refractivity contribution in [2.45, 2.75) is 0 Å². The third-order valence-electron chi connectivity index (χ3n) is 5.69. The Morgan fingerprint density at radius 1 is 1.00 bits per heavy atom. The van der Waals surface area contributed by atoms with Crippen LogP contribution in [0, 0.1) is 0 Å². The van der Waals surface area contributed by atoms with Crippen LogP contribution >= 0.6 is 0 Å². The number of hydrogen-bond acceptors (Lipinski definition) is 7. The Bertz CT molecular complexity index is 1320. The summed E-state index contributed by atoms with van der Waals surface area (Å²) in [6.07, 6.45) is 7.24. The van der Waals surface area contributed by atoms with Crippen molar-refractivity contribution in [3.05, 3.63) is 36.9 Å². The summed E-state index contributed by atoms with van der Waals surface area (Å²) in [6, 6.07) is 4.10. The van der Waals surface area contributed by atoms with Gasteiger partial charge in [-0.05, 0) is 19.2 Å². The van der Waals surface area contributed by atoms with Gasteiger partial charge < -0.3 is 14.8 Å². The van der Waals surface area contributed by atoms with Gasteiger partial charge in [-0.3, -0.25) is 10.2 Å². The lowest BCUT2D eigenvalue weighted by Gasteiger charge is -2.34. The molecule has 0 saturated carbocycles. The van der Waals surface area contributed by atoms with Crippen LogP contribution in [-0.4, -0.2) is 78.5 Å². The number of aromatic nitrogens is 8.